The van der Waals surface area contributed by atoms with E-state index in [0.717, 1.165) is 12.1 Å². The first-order chi connectivity index (χ1) is 8.59. The Bertz CT molecular complexity index is 627. The van der Waals surface area contributed by atoms with Gasteiger partial charge >= 0.3 is 17.5 Å². The Morgan fingerprint density at radius 3 is 2.42 bits per heavy atom. The van der Waals surface area contributed by atoms with Gasteiger partial charge in [0.1, 0.15) is 5.75 Å². The second-order valence-corrected chi connectivity index (χ2v) is 4.37. The second kappa shape index (κ2) is 5.37. The van der Waals surface area contributed by atoms with Crippen LogP contribution in [0.5, 0.6) is 5.75 Å². The van der Waals surface area contributed by atoms with Gasteiger partial charge in [0.15, 0.2) is 0 Å². The minimum absolute atomic E-state index is 0.321. The van der Waals surface area contributed by atoms with Gasteiger partial charge in [0.05, 0.1) is 0 Å². The molecule has 0 saturated carbocycles. The zero-order valence-electron chi connectivity index (χ0n) is 9.00. The Labute approximate surface area is 105 Å². The fraction of sp³-hybridized carbons (Fsp3) is 0.143. The Morgan fingerprint density at radius 1 is 1.32 bits per heavy atom. The van der Waals surface area contributed by atoms with E-state index < -0.39 is 35.1 Å². The standard InChI is InChI=1S/C7H5BF4N3O3S/c9-8(10,11)4-5-1-6(14-15-13)3-7(2-5)18-19(12,16)17/h1-3H,4H2/q-1. The van der Waals surface area contributed by atoms with E-state index in [-0.39, 0.29) is 5.69 Å². The number of hydrogen-bond acceptors (Lipinski definition) is 4. The van der Waals surface area contributed by atoms with Gasteiger partial charge < -0.3 is 17.1 Å². The highest BCUT2D eigenvalue weighted by Crippen LogP contribution is 2.27. The molecule has 0 aliphatic carbocycles. The van der Waals surface area contributed by atoms with Gasteiger partial charge in [0, 0.05) is 10.6 Å². The highest BCUT2D eigenvalue weighted by atomic mass is 32.3. The van der Waals surface area contributed by atoms with Gasteiger partial charge in [0.2, 0.25) is 0 Å². The fourth-order valence-corrected chi connectivity index (χ4v) is 1.63. The summed E-state index contributed by atoms with van der Waals surface area (Å²) < 4.78 is 73.4. The molecule has 0 heterocycles. The van der Waals surface area contributed by atoms with Crippen LogP contribution in [0, 0.1) is 0 Å². The number of halogens is 4. The van der Waals surface area contributed by atoms with Crippen molar-refractivity contribution in [3.05, 3.63) is 34.2 Å². The maximum absolute atomic E-state index is 12.3. The lowest BCUT2D eigenvalue weighted by molar-refractivity contribution is 0.440. The molecular formula is C7H5BF4N3O3S-. The average Bonchev–Trinajstić information content (AvgIpc) is 2.11. The SMILES string of the molecule is [N-]=[N+]=Nc1cc(C[B-](F)(F)F)cc(OS(=O)(=O)F)c1. The van der Waals surface area contributed by atoms with Gasteiger partial charge in [-0.1, -0.05) is 27.0 Å². The van der Waals surface area contributed by atoms with E-state index in [9.17, 15) is 25.3 Å². The molecule has 1 aromatic carbocycles. The monoisotopic (exact) mass is 298 g/mol. The van der Waals surface area contributed by atoms with Crippen molar-refractivity contribution in [2.24, 2.45) is 5.11 Å². The molecular weight excluding hydrogens is 293 g/mol. The van der Waals surface area contributed by atoms with E-state index >= 15 is 0 Å². The average molecular weight is 298 g/mol. The fourth-order valence-electron chi connectivity index (χ4n) is 1.30. The third kappa shape index (κ3) is 5.97. The van der Waals surface area contributed by atoms with Gasteiger partial charge in [0.25, 0.3) is 0 Å². The van der Waals surface area contributed by atoms with Crippen LogP contribution in [0.2, 0.25) is 0 Å². The van der Waals surface area contributed by atoms with Crippen molar-refractivity contribution in [1.82, 2.24) is 0 Å². The summed E-state index contributed by atoms with van der Waals surface area (Å²) in [7, 11) is -5.38. The van der Waals surface area contributed by atoms with Gasteiger partial charge in [-0.2, -0.15) is 8.42 Å². The summed E-state index contributed by atoms with van der Waals surface area (Å²) in [5, 5.41) is 3.01. The molecule has 0 fully saturated rings. The second-order valence-electron chi connectivity index (χ2n) is 3.42. The van der Waals surface area contributed by atoms with Gasteiger partial charge in [-0.05, 0) is 17.7 Å². The van der Waals surface area contributed by atoms with Crippen LogP contribution in [0.15, 0.2) is 23.3 Å². The number of rotatable bonds is 5. The third-order valence-corrected chi connectivity index (χ3v) is 2.17. The number of hydrogen-bond donors (Lipinski definition) is 0. The van der Waals surface area contributed by atoms with E-state index in [1.807, 2.05) is 0 Å². The molecule has 6 nitrogen and oxygen atoms in total. The Morgan fingerprint density at radius 2 is 1.95 bits per heavy atom. The Balaban J connectivity index is 3.21. The smallest absolute Gasteiger partial charge is 0.449 e. The van der Waals surface area contributed by atoms with Gasteiger partial charge in [-0.15, -0.1) is 0 Å². The molecule has 104 valence electrons. The summed E-state index contributed by atoms with van der Waals surface area (Å²) in [4.78, 5) is 2.33. The third-order valence-electron chi connectivity index (χ3n) is 1.77. The summed E-state index contributed by atoms with van der Waals surface area (Å²) in [6, 6.07) is 2.39. The summed E-state index contributed by atoms with van der Waals surface area (Å²) in [5.41, 5.74) is 7.45. The highest BCUT2D eigenvalue weighted by molar-refractivity contribution is 7.81. The van der Waals surface area contributed by atoms with E-state index in [1.54, 1.807) is 0 Å². The first-order valence-corrected chi connectivity index (χ1v) is 5.94. The van der Waals surface area contributed by atoms with Crippen LogP contribution in [0.25, 0.3) is 10.4 Å². The minimum atomic E-state index is -5.38. The maximum atomic E-state index is 12.3. The molecule has 1 aromatic rings. The first-order valence-electron chi connectivity index (χ1n) is 4.63. The van der Waals surface area contributed by atoms with Crippen molar-refractivity contribution < 1.29 is 29.4 Å². The molecule has 0 aliphatic heterocycles. The zero-order valence-corrected chi connectivity index (χ0v) is 9.82. The minimum Gasteiger partial charge on any atom is -0.449 e. The molecule has 19 heavy (non-hydrogen) atoms. The van der Waals surface area contributed by atoms with Crippen molar-refractivity contribution in [2.45, 2.75) is 6.32 Å². The van der Waals surface area contributed by atoms with E-state index in [0.29, 0.717) is 6.07 Å². The molecule has 0 unspecified atom stereocenters. The lowest BCUT2D eigenvalue weighted by Gasteiger charge is -2.14. The Hall–Kier alpha value is -1.94. The normalized spacial score (nSPS) is 11.8. The van der Waals surface area contributed by atoms with Crippen molar-refractivity contribution in [2.75, 3.05) is 0 Å². The van der Waals surface area contributed by atoms with E-state index in [1.165, 1.54) is 0 Å². The van der Waals surface area contributed by atoms with Crippen LogP contribution in [0.4, 0.5) is 22.5 Å². The van der Waals surface area contributed by atoms with Crippen LogP contribution in [0.1, 0.15) is 5.56 Å². The largest absolute Gasteiger partial charge is 0.488 e. The molecule has 12 heteroatoms. The Kier molecular flexibility index (Phi) is 4.27. The van der Waals surface area contributed by atoms with Gasteiger partial charge in [-0.3, -0.25) is 0 Å². The lowest BCUT2D eigenvalue weighted by atomic mass is 9.82. The van der Waals surface area contributed by atoms with Crippen molar-refractivity contribution >= 4 is 23.2 Å². The predicted molar refractivity (Wildman–Crippen MR) is 58.7 cm³/mol. The summed E-state index contributed by atoms with van der Waals surface area (Å²) in [5.74, 6) is -0.706. The predicted octanol–water partition coefficient (Wildman–Crippen LogP) is 3.15. The maximum Gasteiger partial charge on any atom is 0.488 e. The number of azide groups is 1. The van der Waals surface area contributed by atoms with Crippen molar-refractivity contribution in [1.29, 1.82) is 0 Å². The number of benzene rings is 1. The van der Waals surface area contributed by atoms with Gasteiger partial charge in [-0.25, -0.2) is 0 Å². The van der Waals surface area contributed by atoms with Crippen molar-refractivity contribution in [3.8, 4) is 5.75 Å². The molecule has 0 atom stereocenters. The molecule has 0 saturated heterocycles. The van der Waals surface area contributed by atoms with Crippen LogP contribution in [-0.2, 0) is 16.8 Å². The molecule has 0 spiro atoms. The summed E-state index contributed by atoms with van der Waals surface area (Å²) >= 11 is 0. The van der Waals surface area contributed by atoms with Crippen LogP contribution in [-0.4, -0.2) is 15.4 Å². The first kappa shape index (κ1) is 15.1. The summed E-state index contributed by atoms with van der Waals surface area (Å²) in [6.07, 6.45) is -1.35. The van der Waals surface area contributed by atoms with E-state index in [2.05, 4.69) is 14.2 Å². The van der Waals surface area contributed by atoms with Crippen LogP contribution in [0.3, 0.4) is 0 Å². The molecule has 0 radical (unpaired) electrons. The molecule has 1 rings (SSSR count). The summed E-state index contributed by atoms with van der Waals surface area (Å²) in [6.45, 7) is -5.19. The zero-order chi connectivity index (χ0) is 14.7. The van der Waals surface area contributed by atoms with Crippen LogP contribution >= 0.6 is 0 Å². The molecule has 0 N–H and O–H groups in total. The quantitative estimate of drug-likeness (QED) is 0.209. The lowest BCUT2D eigenvalue weighted by Crippen LogP contribution is -2.19. The molecule has 0 aromatic heterocycles. The van der Waals surface area contributed by atoms with E-state index in [4.69, 9.17) is 5.53 Å². The number of nitrogens with zero attached hydrogens (tertiary/aromatic N) is 3. The molecule has 0 aliphatic rings. The van der Waals surface area contributed by atoms with Crippen LogP contribution < -0.4 is 4.18 Å². The molecule has 0 bridgehead atoms. The molecule has 0 amide bonds. The van der Waals surface area contributed by atoms with Crippen molar-refractivity contribution in [3.63, 3.8) is 0 Å². The topological polar surface area (TPSA) is 92.1 Å². The highest BCUT2D eigenvalue weighted by Gasteiger charge is 2.24.